The summed E-state index contributed by atoms with van der Waals surface area (Å²) in [5.74, 6) is -3.34. The van der Waals surface area contributed by atoms with Crippen molar-refractivity contribution in [2.24, 2.45) is 16.2 Å². The molecule has 0 saturated carbocycles. The van der Waals surface area contributed by atoms with Gasteiger partial charge >= 0.3 is 11.9 Å². The van der Waals surface area contributed by atoms with Crippen molar-refractivity contribution in [2.45, 2.75) is 73.8 Å². The number of ether oxygens (including phenoxy) is 2. The second kappa shape index (κ2) is 14.1. The Morgan fingerprint density at radius 2 is 1.40 bits per heavy atom. The smallest absolute Gasteiger partial charge is 0.326 e. The third-order valence-electron chi connectivity index (χ3n) is 5.35. The highest BCUT2D eigenvalue weighted by atomic mass is 16.5. The number of carboxylic acid groups (broad SMARTS) is 2. The predicted octanol–water partition coefficient (Wildman–Crippen LogP) is 1.63. The van der Waals surface area contributed by atoms with Gasteiger partial charge in [-0.15, -0.1) is 0 Å². The number of aliphatic carboxylic acids is 2. The second-order valence-electron chi connectivity index (χ2n) is 10.8. The molecule has 0 aliphatic heterocycles. The van der Waals surface area contributed by atoms with E-state index < -0.39 is 46.0 Å². The molecule has 0 aliphatic carbocycles. The fourth-order valence-electron chi connectivity index (χ4n) is 3.10. The number of hydrogen-bond donors (Lipinski definition) is 4. The van der Waals surface area contributed by atoms with Crippen LogP contribution in [0.25, 0.3) is 0 Å². The molecular formula is C24H42N2O9. The lowest BCUT2D eigenvalue weighted by atomic mass is 9.74. The number of hydrogen-bond acceptors (Lipinski definition) is 7. The average molecular weight is 503 g/mol. The monoisotopic (exact) mass is 502 g/mol. The van der Waals surface area contributed by atoms with Crippen LogP contribution in [0.1, 0.15) is 67.7 Å². The predicted molar refractivity (Wildman–Crippen MR) is 128 cm³/mol. The van der Waals surface area contributed by atoms with Crippen molar-refractivity contribution in [3.05, 3.63) is 0 Å². The average Bonchev–Trinajstić information content (AvgIpc) is 2.70. The highest BCUT2D eigenvalue weighted by Gasteiger charge is 2.40. The molecule has 202 valence electrons. The number of carboxylic acids is 2. The maximum absolute atomic E-state index is 12.6. The highest BCUT2D eigenvalue weighted by molar-refractivity contribution is 5.88. The van der Waals surface area contributed by atoms with Crippen LogP contribution in [0.15, 0.2) is 0 Å². The lowest BCUT2D eigenvalue weighted by molar-refractivity contribution is -0.151. The van der Waals surface area contributed by atoms with Crippen molar-refractivity contribution in [2.75, 3.05) is 33.0 Å². The van der Waals surface area contributed by atoms with E-state index in [-0.39, 0.29) is 58.0 Å². The van der Waals surface area contributed by atoms with Crippen LogP contribution in [0.2, 0.25) is 0 Å². The number of carbonyl (C=O) groups is 5. The fourth-order valence-corrected chi connectivity index (χ4v) is 3.10. The van der Waals surface area contributed by atoms with Crippen LogP contribution in [0.5, 0.6) is 0 Å². The van der Waals surface area contributed by atoms with E-state index in [4.69, 9.17) is 9.47 Å². The van der Waals surface area contributed by atoms with Gasteiger partial charge in [-0.05, 0) is 26.7 Å². The van der Waals surface area contributed by atoms with E-state index in [0.29, 0.717) is 0 Å². The zero-order chi connectivity index (χ0) is 27.4. The molecule has 0 fully saturated rings. The number of ketones is 1. The molecule has 35 heavy (non-hydrogen) atoms. The minimum Gasteiger partial charge on any atom is -0.481 e. The fraction of sp³-hybridized carbons (Fsp3) is 0.792. The second-order valence-corrected chi connectivity index (χ2v) is 10.8. The van der Waals surface area contributed by atoms with Crippen molar-refractivity contribution in [1.82, 2.24) is 10.6 Å². The summed E-state index contributed by atoms with van der Waals surface area (Å²) in [5, 5.41) is 23.7. The Labute approximate surface area is 207 Å². The van der Waals surface area contributed by atoms with Crippen LogP contribution < -0.4 is 10.6 Å². The van der Waals surface area contributed by atoms with E-state index in [1.54, 1.807) is 13.8 Å². The normalized spacial score (nSPS) is 13.1. The van der Waals surface area contributed by atoms with Crippen molar-refractivity contribution in [1.29, 1.82) is 0 Å². The van der Waals surface area contributed by atoms with Gasteiger partial charge in [-0.1, -0.05) is 34.6 Å². The minimum atomic E-state index is -1.29. The maximum Gasteiger partial charge on any atom is 0.326 e. The van der Waals surface area contributed by atoms with E-state index >= 15 is 0 Å². The van der Waals surface area contributed by atoms with Crippen molar-refractivity contribution >= 4 is 29.5 Å². The third-order valence-corrected chi connectivity index (χ3v) is 5.35. The number of rotatable bonds is 17. The van der Waals surface area contributed by atoms with Crippen LogP contribution in [-0.2, 0) is 33.4 Å². The maximum atomic E-state index is 12.6. The van der Waals surface area contributed by atoms with Gasteiger partial charge in [0.15, 0.2) is 5.78 Å². The van der Waals surface area contributed by atoms with Gasteiger partial charge in [0.25, 0.3) is 0 Å². The summed E-state index contributed by atoms with van der Waals surface area (Å²) in [5.41, 5.74) is -2.75. The summed E-state index contributed by atoms with van der Waals surface area (Å²) in [6, 6.07) is -1.29. The molecule has 0 spiro atoms. The first-order valence-corrected chi connectivity index (χ1v) is 11.6. The van der Waals surface area contributed by atoms with Crippen LogP contribution in [0.3, 0.4) is 0 Å². The van der Waals surface area contributed by atoms with E-state index in [1.807, 2.05) is 20.8 Å². The van der Waals surface area contributed by atoms with Gasteiger partial charge < -0.3 is 30.3 Å². The Morgan fingerprint density at radius 3 is 1.91 bits per heavy atom. The zero-order valence-corrected chi connectivity index (χ0v) is 22.0. The number of Topliss-reactive ketones (excluding diaryl/α,β-unsaturated/α-hetero) is 1. The topological polar surface area (TPSA) is 168 Å². The molecule has 11 heteroatoms. The van der Waals surface area contributed by atoms with Crippen LogP contribution >= 0.6 is 0 Å². The first-order valence-electron chi connectivity index (χ1n) is 11.6. The van der Waals surface area contributed by atoms with Gasteiger partial charge in [0.1, 0.15) is 12.6 Å². The number of nitrogens with one attached hydrogen (secondary N) is 2. The molecule has 1 atom stereocenters. The molecule has 0 aromatic heterocycles. The highest BCUT2D eigenvalue weighted by Crippen LogP contribution is 2.34. The summed E-state index contributed by atoms with van der Waals surface area (Å²) in [6.07, 6.45) is -0.246. The van der Waals surface area contributed by atoms with Crippen LogP contribution in [0, 0.1) is 16.2 Å². The van der Waals surface area contributed by atoms with E-state index in [0.717, 1.165) is 0 Å². The van der Waals surface area contributed by atoms with E-state index in [9.17, 15) is 34.2 Å². The molecular weight excluding hydrogens is 460 g/mol. The van der Waals surface area contributed by atoms with Gasteiger partial charge in [-0.25, -0.2) is 4.79 Å². The lowest BCUT2D eigenvalue weighted by Gasteiger charge is -2.32. The van der Waals surface area contributed by atoms with Gasteiger partial charge in [0.05, 0.1) is 25.2 Å². The van der Waals surface area contributed by atoms with Crippen molar-refractivity contribution in [3.63, 3.8) is 0 Å². The molecule has 0 unspecified atom stereocenters. The van der Waals surface area contributed by atoms with Gasteiger partial charge in [0.2, 0.25) is 11.8 Å². The summed E-state index contributed by atoms with van der Waals surface area (Å²) in [4.78, 5) is 59.3. The molecule has 2 amide bonds. The molecule has 0 aromatic carbocycles. The summed E-state index contributed by atoms with van der Waals surface area (Å²) < 4.78 is 10.6. The molecule has 0 heterocycles. The number of amides is 2. The Balaban J connectivity index is 4.33. The quantitative estimate of drug-likeness (QED) is 0.216. The third kappa shape index (κ3) is 13.2. The molecule has 0 saturated heterocycles. The molecule has 11 nitrogen and oxygen atoms in total. The summed E-state index contributed by atoms with van der Waals surface area (Å²) in [6.45, 7) is 12.5. The Morgan fingerprint density at radius 1 is 0.829 bits per heavy atom. The summed E-state index contributed by atoms with van der Waals surface area (Å²) in [7, 11) is 0. The van der Waals surface area contributed by atoms with Gasteiger partial charge in [-0.3, -0.25) is 19.2 Å². The largest absolute Gasteiger partial charge is 0.481 e. The zero-order valence-electron chi connectivity index (χ0n) is 22.0. The molecule has 0 bridgehead atoms. The van der Waals surface area contributed by atoms with Gasteiger partial charge in [0, 0.05) is 23.8 Å². The molecule has 0 aromatic rings. The minimum absolute atomic E-state index is 0.00588. The van der Waals surface area contributed by atoms with E-state index in [1.165, 1.54) is 13.8 Å². The van der Waals surface area contributed by atoms with Crippen LogP contribution in [-0.4, -0.2) is 78.8 Å². The van der Waals surface area contributed by atoms with E-state index in [2.05, 4.69) is 10.6 Å². The Bertz CT molecular complexity index is 755. The van der Waals surface area contributed by atoms with Gasteiger partial charge in [-0.2, -0.15) is 0 Å². The molecule has 0 aliphatic rings. The Hall–Kier alpha value is -2.53. The number of carbonyl (C=O) groups excluding carboxylic acids is 3. The first kappa shape index (κ1) is 32.5. The summed E-state index contributed by atoms with van der Waals surface area (Å²) >= 11 is 0. The first-order chi connectivity index (χ1) is 15.9. The molecule has 0 rings (SSSR count). The molecule has 0 radical (unpaired) electrons. The van der Waals surface area contributed by atoms with Crippen molar-refractivity contribution in [3.8, 4) is 0 Å². The van der Waals surface area contributed by atoms with Crippen LogP contribution in [0.4, 0.5) is 0 Å². The Kier molecular flexibility index (Phi) is 13.1. The lowest BCUT2D eigenvalue weighted by Crippen LogP contribution is -2.48. The SMILES string of the molecule is CC(C)(C)C(=O)COCCOCCNC(=O)CC[C@@H](NC(=O)C(C)(C)CC(C)(C)C(=O)O)C(=O)O. The van der Waals surface area contributed by atoms with Crippen molar-refractivity contribution < 1.29 is 43.7 Å². The standard InChI is InChI=1S/C24H42N2O9/c1-22(2,3)17(27)14-35-13-12-34-11-10-25-18(28)9-8-16(19(29)30)26-20(31)23(4,5)15-24(6,7)21(32)33/h16H,8-15H2,1-7H3,(H,25,28)(H,26,31)(H,29,30)(H,32,33)/t16-/m1/s1. The molecule has 4 N–H and O–H groups in total.